The molecule has 0 bridgehead atoms. The highest BCUT2D eigenvalue weighted by Crippen LogP contribution is 2.25. The lowest BCUT2D eigenvalue weighted by atomic mass is 10.1. The zero-order chi connectivity index (χ0) is 14.0. The van der Waals surface area contributed by atoms with Crippen molar-refractivity contribution in [2.45, 2.75) is 25.5 Å². The van der Waals surface area contributed by atoms with Crippen molar-refractivity contribution in [3.63, 3.8) is 0 Å². The molecule has 0 fully saturated rings. The van der Waals surface area contributed by atoms with Crippen LogP contribution in [0.1, 0.15) is 20.3 Å². The highest BCUT2D eigenvalue weighted by molar-refractivity contribution is 7.86. The third kappa shape index (κ3) is 2.95. The summed E-state index contributed by atoms with van der Waals surface area (Å²) in [6.45, 7) is 4.02. The highest BCUT2D eigenvalue weighted by atomic mass is 32.2. The summed E-state index contributed by atoms with van der Waals surface area (Å²) in [6.07, 6.45) is 0.606. The Bertz CT molecular complexity index is 536. The number of allylic oxidation sites excluding steroid dienone is 1. The van der Waals surface area contributed by atoms with E-state index in [0.717, 1.165) is 11.3 Å². The second-order valence-electron chi connectivity index (χ2n) is 5.01. The largest absolute Gasteiger partial charge is 0.314 e. The van der Waals surface area contributed by atoms with Crippen LogP contribution in [0.25, 0.3) is 0 Å². The second kappa shape index (κ2) is 5.70. The first-order chi connectivity index (χ1) is 9.00. The SMILES string of the molecule is CC1=C(C)CS(=O)C(C(=O)N(C)c2ccccc2)C1. The maximum absolute atomic E-state index is 12.5. The van der Waals surface area contributed by atoms with Crippen LogP contribution in [0.15, 0.2) is 41.5 Å². The quantitative estimate of drug-likeness (QED) is 0.779. The Labute approximate surface area is 116 Å². The summed E-state index contributed by atoms with van der Waals surface area (Å²) in [5, 5.41) is -0.408. The molecule has 0 spiro atoms. The highest BCUT2D eigenvalue weighted by Gasteiger charge is 2.32. The lowest BCUT2D eigenvalue weighted by molar-refractivity contribution is -0.117. The molecule has 102 valence electrons. The number of carbonyl (C=O) groups excluding carboxylic acids is 1. The zero-order valence-corrected chi connectivity index (χ0v) is 12.4. The van der Waals surface area contributed by atoms with E-state index in [-0.39, 0.29) is 5.91 Å². The molecule has 1 aliphatic heterocycles. The minimum atomic E-state index is -1.10. The van der Waals surface area contributed by atoms with Gasteiger partial charge in [0.25, 0.3) is 0 Å². The van der Waals surface area contributed by atoms with Crippen molar-refractivity contribution in [1.29, 1.82) is 0 Å². The minimum absolute atomic E-state index is 0.0589. The van der Waals surface area contributed by atoms with Crippen LogP contribution in [-0.2, 0) is 15.6 Å². The van der Waals surface area contributed by atoms with E-state index in [4.69, 9.17) is 0 Å². The Balaban J connectivity index is 2.19. The predicted molar refractivity (Wildman–Crippen MR) is 79.6 cm³/mol. The number of amides is 1. The molecular weight excluding hydrogens is 258 g/mol. The summed E-state index contributed by atoms with van der Waals surface area (Å²) >= 11 is 0. The average Bonchev–Trinajstić information content (AvgIpc) is 2.42. The van der Waals surface area contributed by atoms with E-state index in [1.807, 2.05) is 44.2 Å². The molecule has 3 nitrogen and oxygen atoms in total. The summed E-state index contributed by atoms with van der Waals surface area (Å²) in [5.74, 6) is 0.460. The molecule has 0 saturated carbocycles. The van der Waals surface area contributed by atoms with Crippen LogP contribution in [0.2, 0.25) is 0 Å². The molecule has 2 atom stereocenters. The van der Waals surface area contributed by atoms with Crippen molar-refractivity contribution in [2.24, 2.45) is 0 Å². The molecule has 1 aliphatic rings. The minimum Gasteiger partial charge on any atom is -0.314 e. The van der Waals surface area contributed by atoms with Gasteiger partial charge in [0, 0.05) is 29.3 Å². The number of carbonyl (C=O) groups is 1. The van der Waals surface area contributed by atoms with Gasteiger partial charge in [0.15, 0.2) is 0 Å². The van der Waals surface area contributed by atoms with Crippen molar-refractivity contribution < 1.29 is 9.00 Å². The van der Waals surface area contributed by atoms with E-state index in [1.165, 1.54) is 5.57 Å². The number of hydrogen-bond donors (Lipinski definition) is 0. The number of para-hydroxylation sites is 1. The van der Waals surface area contributed by atoms with Gasteiger partial charge in [-0.15, -0.1) is 0 Å². The molecule has 19 heavy (non-hydrogen) atoms. The van der Waals surface area contributed by atoms with Crippen molar-refractivity contribution in [3.05, 3.63) is 41.5 Å². The van der Waals surface area contributed by atoms with Gasteiger partial charge >= 0.3 is 0 Å². The van der Waals surface area contributed by atoms with Gasteiger partial charge < -0.3 is 4.90 Å². The van der Waals surface area contributed by atoms with Crippen LogP contribution in [0.3, 0.4) is 0 Å². The number of anilines is 1. The van der Waals surface area contributed by atoms with E-state index in [2.05, 4.69) is 0 Å². The van der Waals surface area contributed by atoms with Crippen LogP contribution in [0.5, 0.6) is 0 Å². The third-order valence-electron chi connectivity index (χ3n) is 3.65. The molecule has 0 N–H and O–H groups in total. The third-order valence-corrected chi connectivity index (χ3v) is 5.37. The summed E-state index contributed by atoms with van der Waals surface area (Å²) in [7, 11) is 0.643. The summed E-state index contributed by atoms with van der Waals surface area (Å²) in [5.41, 5.74) is 3.19. The first-order valence-corrected chi connectivity index (χ1v) is 7.74. The average molecular weight is 277 g/mol. The summed E-state index contributed by atoms with van der Waals surface area (Å²) in [6, 6.07) is 9.48. The van der Waals surface area contributed by atoms with Gasteiger partial charge in [-0.3, -0.25) is 9.00 Å². The van der Waals surface area contributed by atoms with Crippen LogP contribution < -0.4 is 4.90 Å². The van der Waals surface area contributed by atoms with E-state index in [1.54, 1.807) is 11.9 Å². The molecule has 1 aromatic carbocycles. The molecule has 0 radical (unpaired) electrons. The first-order valence-electron chi connectivity index (χ1n) is 6.35. The molecular formula is C15H19NO2S. The Morgan fingerprint density at radius 1 is 1.21 bits per heavy atom. The van der Waals surface area contributed by atoms with Crippen molar-refractivity contribution in [3.8, 4) is 0 Å². The normalized spacial score (nSPS) is 23.3. The summed E-state index contributed by atoms with van der Waals surface area (Å²) < 4.78 is 12.2. The molecule has 2 unspecified atom stereocenters. The Morgan fingerprint density at radius 3 is 2.47 bits per heavy atom. The number of nitrogens with zero attached hydrogens (tertiary/aromatic N) is 1. The fraction of sp³-hybridized carbons (Fsp3) is 0.400. The lowest BCUT2D eigenvalue weighted by Crippen LogP contribution is -2.41. The van der Waals surface area contributed by atoms with Crippen molar-refractivity contribution >= 4 is 22.4 Å². The maximum Gasteiger partial charge on any atom is 0.242 e. The number of hydrogen-bond acceptors (Lipinski definition) is 2. The van der Waals surface area contributed by atoms with Crippen LogP contribution in [0.4, 0.5) is 5.69 Å². The Kier molecular flexibility index (Phi) is 4.20. The second-order valence-corrected chi connectivity index (χ2v) is 6.63. The Hall–Kier alpha value is -1.42. The van der Waals surface area contributed by atoms with Gasteiger partial charge in [-0.25, -0.2) is 0 Å². The fourth-order valence-corrected chi connectivity index (χ4v) is 3.87. The van der Waals surface area contributed by atoms with Crippen LogP contribution in [-0.4, -0.2) is 28.2 Å². The molecule has 0 saturated heterocycles. The smallest absolute Gasteiger partial charge is 0.242 e. The van der Waals surface area contributed by atoms with E-state index in [0.29, 0.717) is 12.2 Å². The van der Waals surface area contributed by atoms with Gasteiger partial charge in [-0.1, -0.05) is 29.3 Å². The van der Waals surface area contributed by atoms with Gasteiger partial charge in [-0.05, 0) is 32.4 Å². The number of rotatable bonds is 2. The molecule has 0 aromatic heterocycles. The van der Waals surface area contributed by atoms with E-state index in [9.17, 15) is 9.00 Å². The molecule has 2 rings (SSSR count). The van der Waals surface area contributed by atoms with Gasteiger partial charge in [0.1, 0.15) is 5.25 Å². The molecule has 1 heterocycles. The van der Waals surface area contributed by atoms with E-state index >= 15 is 0 Å². The molecule has 0 aliphatic carbocycles. The number of benzene rings is 1. The van der Waals surface area contributed by atoms with Crippen molar-refractivity contribution in [2.75, 3.05) is 17.7 Å². The van der Waals surface area contributed by atoms with Crippen molar-refractivity contribution in [1.82, 2.24) is 0 Å². The van der Waals surface area contributed by atoms with Gasteiger partial charge in [0.2, 0.25) is 5.91 Å². The van der Waals surface area contributed by atoms with Gasteiger partial charge in [-0.2, -0.15) is 0 Å². The lowest BCUT2D eigenvalue weighted by Gasteiger charge is -2.27. The standard InChI is InChI=1S/C15H19NO2S/c1-11-9-14(19(18)10-12(11)2)15(17)16(3)13-7-5-4-6-8-13/h4-8,14H,9-10H2,1-3H3. The first kappa shape index (κ1) is 14.0. The van der Waals surface area contributed by atoms with Crippen LogP contribution in [0, 0.1) is 0 Å². The molecule has 1 amide bonds. The monoisotopic (exact) mass is 277 g/mol. The Morgan fingerprint density at radius 2 is 1.84 bits per heavy atom. The van der Waals surface area contributed by atoms with Crippen LogP contribution >= 0.6 is 0 Å². The predicted octanol–water partition coefficient (Wildman–Crippen LogP) is 2.51. The van der Waals surface area contributed by atoms with Gasteiger partial charge in [0.05, 0.1) is 0 Å². The topological polar surface area (TPSA) is 37.4 Å². The van der Waals surface area contributed by atoms with E-state index < -0.39 is 16.0 Å². The molecule has 4 heteroatoms. The molecule has 1 aromatic rings. The fourth-order valence-electron chi connectivity index (χ4n) is 2.18. The maximum atomic E-state index is 12.5. The summed E-state index contributed by atoms with van der Waals surface area (Å²) in [4.78, 5) is 14.1. The zero-order valence-electron chi connectivity index (χ0n) is 11.6.